The number of thiophene rings is 1. The highest BCUT2D eigenvalue weighted by Gasteiger charge is 2.25. The fourth-order valence-electron chi connectivity index (χ4n) is 2.57. The molecule has 0 atom stereocenters. The molecule has 0 bridgehead atoms. The van der Waals surface area contributed by atoms with Crippen LogP contribution in [0.1, 0.15) is 10.4 Å². The van der Waals surface area contributed by atoms with E-state index in [9.17, 15) is 9.18 Å². The average Bonchev–Trinajstić information content (AvgIpc) is 3.35. The van der Waals surface area contributed by atoms with Crippen LogP contribution in [0.25, 0.3) is 10.2 Å². The molecule has 3 heterocycles. The van der Waals surface area contributed by atoms with Crippen molar-refractivity contribution in [3.05, 3.63) is 62.8 Å². The first-order valence-corrected chi connectivity index (χ1v) is 10.2. The molecule has 0 spiro atoms. The van der Waals surface area contributed by atoms with Crippen LogP contribution in [0.15, 0.2) is 42.7 Å². The van der Waals surface area contributed by atoms with Gasteiger partial charge in [0.2, 0.25) is 0 Å². The minimum Gasteiger partial charge on any atom is -0.282 e. The number of aromatic nitrogens is 3. The Kier molecular flexibility index (Phi) is 5.14. The number of carbonyl (C=O) groups excluding carboxylic acids is 1. The standard InChI is InChI=1S/C17H11Cl2FN4OS2/c18-13-9-10(15(19)27-13)16(25)24(8-7-23-6-2-5-21-23)17-22-14-11(20)3-1-4-12(14)26-17/h1-6,9H,7-8H2. The van der Waals surface area contributed by atoms with Crippen molar-refractivity contribution in [3.63, 3.8) is 0 Å². The van der Waals surface area contributed by atoms with E-state index >= 15 is 0 Å². The zero-order valence-electron chi connectivity index (χ0n) is 13.6. The summed E-state index contributed by atoms with van der Waals surface area (Å²) in [5.41, 5.74) is 0.538. The molecule has 0 N–H and O–H groups in total. The van der Waals surface area contributed by atoms with Gasteiger partial charge in [0.1, 0.15) is 15.7 Å². The van der Waals surface area contributed by atoms with Gasteiger partial charge in [-0.15, -0.1) is 11.3 Å². The molecule has 0 aliphatic carbocycles. The molecule has 5 nitrogen and oxygen atoms in total. The number of fused-ring (bicyclic) bond motifs is 1. The fourth-order valence-corrected chi connectivity index (χ4v) is 5.02. The molecule has 4 aromatic rings. The van der Waals surface area contributed by atoms with Gasteiger partial charge in [-0.3, -0.25) is 14.4 Å². The topological polar surface area (TPSA) is 51.0 Å². The maximum absolute atomic E-state index is 14.1. The second-order valence-corrected chi connectivity index (χ2v) is 8.84. The summed E-state index contributed by atoms with van der Waals surface area (Å²) in [7, 11) is 0. The van der Waals surface area contributed by atoms with Crippen molar-refractivity contribution in [2.45, 2.75) is 6.54 Å². The number of anilines is 1. The number of hydrogen-bond acceptors (Lipinski definition) is 5. The first-order valence-electron chi connectivity index (χ1n) is 7.82. The average molecular weight is 441 g/mol. The molecule has 138 valence electrons. The van der Waals surface area contributed by atoms with Crippen LogP contribution >= 0.6 is 45.9 Å². The third-order valence-corrected chi connectivity index (χ3v) is 6.36. The van der Waals surface area contributed by atoms with Crippen molar-refractivity contribution < 1.29 is 9.18 Å². The third kappa shape index (κ3) is 3.70. The second-order valence-electron chi connectivity index (χ2n) is 5.55. The number of para-hydroxylation sites is 1. The summed E-state index contributed by atoms with van der Waals surface area (Å²) in [6.45, 7) is 0.748. The molecule has 0 aliphatic heterocycles. The van der Waals surface area contributed by atoms with Crippen molar-refractivity contribution in [2.75, 3.05) is 11.4 Å². The van der Waals surface area contributed by atoms with Crippen LogP contribution in [0.5, 0.6) is 0 Å². The van der Waals surface area contributed by atoms with Crippen LogP contribution in [0.3, 0.4) is 0 Å². The van der Waals surface area contributed by atoms with Crippen LogP contribution in [0.2, 0.25) is 8.67 Å². The molecule has 27 heavy (non-hydrogen) atoms. The van der Waals surface area contributed by atoms with E-state index < -0.39 is 5.82 Å². The largest absolute Gasteiger partial charge is 0.282 e. The number of carbonyl (C=O) groups is 1. The van der Waals surface area contributed by atoms with Crippen molar-refractivity contribution in [3.8, 4) is 0 Å². The number of rotatable bonds is 5. The lowest BCUT2D eigenvalue weighted by atomic mass is 10.3. The number of amides is 1. The van der Waals surface area contributed by atoms with Gasteiger partial charge in [-0.2, -0.15) is 5.10 Å². The van der Waals surface area contributed by atoms with Crippen LogP contribution in [0.4, 0.5) is 9.52 Å². The Hall–Kier alpha value is -2.00. The van der Waals surface area contributed by atoms with Crippen LogP contribution in [-0.2, 0) is 6.54 Å². The number of nitrogens with zero attached hydrogens (tertiary/aromatic N) is 4. The Labute approximate surface area is 171 Å². The van der Waals surface area contributed by atoms with Crippen LogP contribution in [-0.4, -0.2) is 27.2 Å². The second kappa shape index (κ2) is 7.55. The monoisotopic (exact) mass is 440 g/mol. The molecule has 0 unspecified atom stereocenters. The Balaban J connectivity index is 1.73. The minimum absolute atomic E-state index is 0.240. The SMILES string of the molecule is O=C(c1cc(Cl)sc1Cl)N(CCn1cccn1)c1nc2c(F)cccc2s1. The van der Waals surface area contributed by atoms with E-state index in [0.29, 0.717) is 37.2 Å². The number of benzene rings is 1. The van der Waals surface area contributed by atoms with Crippen molar-refractivity contribution in [1.29, 1.82) is 0 Å². The zero-order valence-corrected chi connectivity index (χ0v) is 16.7. The van der Waals surface area contributed by atoms with E-state index in [4.69, 9.17) is 23.2 Å². The van der Waals surface area contributed by atoms with Gasteiger partial charge in [0.05, 0.1) is 21.1 Å². The maximum atomic E-state index is 14.1. The molecule has 4 rings (SSSR count). The molecule has 0 saturated carbocycles. The summed E-state index contributed by atoms with van der Waals surface area (Å²) in [5, 5.41) is 4.54. The highest BCUT2D eigenvalue weighted by Crippen LogP contribution is 2.35. The molecule has 0 saturated heterocycles. The molecule has 1 aromatic carbocycles. The molecule has 10 heteroatoms. The van der Waals surface area contributed by atoms with Gasteiger partial charge in [-0.1, -0.05) is 40.6 Å². The number of hydrogen-bond donors (Lipinski definition) is 0. The lowest BCUT2D eigenvalue weighted by Crippen LogP contribution is -2.34. The van der Waals surface area contributed by atoms with E-state index in [1.807, 2.05) is 0 Å². The Morgan fingerprint density at radius 3 is 2.78 bits per heavy atom. The summed E-state index contributed by atoms with van der Waals surface area (Å²) >= 11 is 14.5. The normalized spacial score (nSPS) is 11.2. The van der Waals surface area contributed by atoms with Gasteiger partial charge < -0.3 is 0 Å². The summed E-state index contributed by atoms with van der Waals surface area (Å²) < 4.78 is 17.2. The number of halogens is 3. The molecular weight excluding hydrogens is 430 g/mol. The Morgan fingerprint density at radius 1 is 1.26 bits per heavy atom. The van der Waals surface area contributed by atoms with Crippen LogP contribution < -0.4 is 4.90 Å². The predicted molar refractivity (Wildman–Crippen MR) is 108 cm³/mol. The molecular formula is C17H11Cl2FN4OS2. The van der Waals surface area contributed by atoms with Crippen LogP contribution in [0, 0.1) is 5.82 Å². The summed E-state index contributed by atoms with van der Waals surface area (Å²) in [5.74, 6) is -0.763. The highest BCUT2D eigenvalue weighted by molar-refractivity contribution is 7.22. The van der Waals surface area contributed by atoms with Gasteiger partial charge in [0, 0.05) is 18.9 Å². The predicted octanol–water partition coefficient (Wildman–Crippen LogP) is 5.35. The smallest absolute Gasteiger partial charge is 0.262 e. The maximum Gasteiger partial charge on any atom is 0.262 e. The van der Waals surface area contributed by atoms with E-state index in [1.54, 1.807) is 35.3 Å². The van der Waals surface area contributed by atoms with E-state index in [2.05, 4.69) is 10.1 Å². The van der Waals surface area contributed by atoms with Crippen molar-refractivity contribution >= 4 is 67.1 Å². The quantitative estimate of drug-likeness (QED) is 0.420. The van der Waals surface area contributed by atoms with E-state index in [1.165, 1.54) is 28.4 Å². The first-order chi connectivity index (χ1) is 13.0. The third-order valence-electron chi connectivity index (χ3n) is 3.83. The summed E-state index contributed by atoms with van der Waals surface area (Å²) in [6.07, 6.45) is 3.46. The van der Waals surface area contributed by atoms with Crippen molar-refractivity contribution in [2.24, 2.45) is 0 Å². The molecule has 1 amide bonds. The number of thiazole rings is 1. The van der Waals surface area contributed by atoms with E-state index in [-0.39, 0.29) is 11.4 Å². The molecule has 0 aliphatic rings. The van der Waals surface area contributed by atoms with Gasteiger partial charge in [-0.25, -0.2) is 9.37 Å². The lowest BCUT2D eigenvalue weighted by Gasteiger charge is -2.19. The zero-order chi connectivity index (χ0) is 19.0. The van der Waals surface area contributed by atoms with Crippen molar-refractivity contribution in [1.82, 2.24) is 14.8 Å². The summed E-state index contributed by atoms with van der Waals surface area (Å²) in [6, 6.07) is 8.06. The van der Waals surface area contributed by atoms with E-state index in [0.717, 1.165) is 11.3 Å². The molecule has 3 aromatic heterocycles. The first kappa shape index (κ1) is 18.4. The minimum atomic E-state index is -0.425. The summed E-state index contributed by atoms with van der Waals surface area (Å²) in [4.78, 5) is 19.0. The lowest BCUT2D eigenvalue weighted by molar-refractivity contribution is 0.0986. The van der Waals surface area contributed by atoms with Gasteiger partial charge >= 0.3 is 0 Å². The van der Waals surface area contributed by atoms with Gasteiger partial charge in [0.15, 0.2) is 5.13 Å². The Bertz CT molecular complexity index is 1110. The molecule has 0 fully saturated rings. The Morgan fingerprint density at radius 2 is 2.11 bits per heavy atom. The molecule has 0 radical (unpaired) electrons. The fraction of sp³-hybridized carbons (Fsp3) is 0.118. The van der Waals surface area contributed by atoms with Gasteiger partial charge in [0.25, 0.3) is 5.91 Å². The van der Waals surface area contributed by atoms with Gasteiger partial charge in [-0.05, 0) is 24.3 Å². The highest BCUT2D eigenvalue weighted by atomic mass is 35.5.